The molecule has 2 heterocycles. The van der Waals surface area contributed by atoms with E-state index in [9.17, 15) is 13.2 Å². The van der Waals surface area contributed by atoms with Gasteiger partial charge in [0.15, 0.2) is 0 Å². The number of fused-ring (bicyclic) bond motifs is 1. The van der Waals surface area contributed by atoms with Crippen LogP contribution in [0.25, 0.3) is 0 Å². The molecule has 2 N–H and O–H groups in total. The minimum Gasteiger partial charge on any atom is -0.490 e. The minimum atomic E-state index is -4.06. The van der Waals surface area contributed by atoms with E-state index in [2.05, 4.69) is 30.8 Å². The smallest absolute Gasteiger partial charge is 0.481 e. The van der Waals surface area contributed by atoms with Gasteiger partial charge < -0.3 is 24.3 Å². The van der Waals surface area contributed by atoms with Crippen LogP contribution in [0.4, 0.5) is 5.69 Å². The molecule has 2 unspecified atom stereocenters. The summed E-state index contributed by atoms with van der Waals surface area (Å²) in [7, 11) is -2.68. The first-order valence-electron chi connectivity index (χ1n) is 16.6. The van der Waals surface area contributed by atoms with E-state index in [1.165, 1.54) is 6.42 Å². The van der Waals surface area contributed by atoms with Gasteiger partial charge in [0.2, 0.25) is 15.9 Å². The van der Waals surface area contributed by atoms with Crippen LogP contribution < -0.4 is 19.7 Å². The van der Waals surface area contributed by atoms with E-state index in [0.29, 0.717) is 30.1 Å². The lowest BCUT2D eigenvalue weighted by Gasteiger charge is -2.64. The Bertz CT molecular complexity index is 1540. The number of carbonyl (C=O) groups is 1. The summed E-state index contributed by atoms with van der Waals surface area (Å²) in [5, 5.41) is 3.24. The molecule has 2 aromatic carbocycles. The molecule has 0 aromatic heterocycles. The van der Waals surface area contributed by atoms with Crippen molar-refractivity contribution >= 4 is 28.7 Å². The number of likely N-dealkylation sites (N-methyl/N-ethyl adjacent to an activating group) is 1. The normalized spacial score (nSPS) is 29.8. The van der Waals surface area contributed by atoms with Crippen molar-refractivity contribution in [1.29, 1.82) is 0 Å². The average Bonchev–Trinajstić information content (AvgIpc) is 3.35. The molecule has 8 rings (SSSR count). The Kier molecular flexibility index (Phi) is 7.98. The second kappa shape index (κ2) is 11.6. The van der Waals surface area contributed by atoms with Gasteiger partial charge in [-0.05, 0) is 73.5 Å². The largest absolute Gasteiger partial charge is 0.490 e. The monoisotopic (exact) mass is 635 g/mol. The molecule has 9 nitrogen and oxygen atoms in total. The van der Waals surface area contributed by atoms with Gasteiger partial charge in [0.1, 0.15) is 18.4 Å². The highest BCUT2D eigenvalue weighted by molar-refractivity contribution is 7.89. The predicted molar refractivity (Wildman–Crippen MR) is 173 cm³/mol. The number of ether oxygens (including phenoxy) is 1. The highest BCUT2D eigenvalue weighted by Gasteiger charge is 2.68. The van der Waals surface area contributed by atoms with Crippen LogP contribution in [0.2, 0.25) is 0 Å². The molecule has 0 spiro atoms. The molecule has 1 saturated heterocycles. The van der Waals surface area contributed by atoms with Gasteiger partial charge in [-0.3, -0.25) is 4.79 Å². The second-order valence-corrected chi connectivity index (χ2v) is 16.5. The molecule has 5 fully saturated rings. The van der Waals surface area contributed by atoms with Crippen LogP contribution in [0.3, 0.4) is 0 Å². The van der Waals surface area contributed by atoms with Gasteiger partial charge in [0, 0.05) is 13.1 Å². The van der Waals surface area contributed by atoms with Crippen molar-refractivity contribution < 1.29 is 27.3 Å². The summed E-state index contributed by atoms with van der Waals surface area (Å²) in [6.07, 6.45) is 6.50. The molecule has 242 valence electrons. The number of hydrogen-bond donors (Lipinski definition) is 2. The number of carbonyl (C=O) groups excluding carboxylic acids is 1. The van der Waals surface area contributed by atoms with E-state index in [0.717, 1.165) is 49.9 Å². The number of rotatable bonds is 10. The molecule has 2 aromatic rings. The summed E-state index contributed by atoms with van der Waals surface area (Å²) in [6, 6.07) is 13.3. The van der Waals surface area contributed by atoms with Crippen LogP contribution in [0.1, 0.15) is 64.9 Å². The first kappa shape index (κ1) is 31.0. The SMILES string of the molecule is CN1CCOc2cc(S(=O)(=O)N[C@@H](Cc3ccccc3)C(=O)N[C@@H](CC3CCC3)B3OC4C[C@@H]5CC(C5(C)C)[C@]4(C)O3)ccc21. The highest BCUT2D eigenvalue weighted by atomic mass is 32.2. The van der Waals surface area contributed by atoms with E-state index in [1.807, 2.05) is 42.3 Å². The van der Waals surface area contributed by atoms with Crippen molar-refractivity contribution in [2.45, 2.75) is 94.3 Å². The summed E-state index contributed by atoms with van der Waals surface area (Å²) in [4.78, 5) is 16.3. The van der Waals surface area contributed by atoms with Crippen molar-refractivity contribution in [3.8, 4) is 5.75 Å². The van der Waals surface area contributed by atoms with Crippen molar-refractivity contribution in [3.63, 3.8) is 0 Å². The Morgan fingerprint density at radius 3 is 2.60 bits per heavy atom. The Labute approximate surface area is 268 Å². The van der Waals surface area contributed by atoms with Crippen molar-refractivity contribution in [2.24, 2.45) is 23.2 Å². The molecule has 2 bridgehead atoms. The summed E-state index contributed by atoms with van der Waals surface area (Å²) in [5.41, 5.74) is 1.52. The van der Waals surface area contributed by atoms with E-state index in [1.54, 1.807) is 18.2 Å². The lowest BCUT2D eigenvalue weighted by Crippen LogP contribution is -2.65. The zero-order chi connectivity index (χ0) is 31.6. The highest BCUT2D eigenvalue weighted by Crippen LogP contribution is 2.65. The van der Waals surface area contributed by atoms with Gasteiger partial charge in [-0.15, -0.1) is 0 Å². The third-order valence-corrected chi connectivity index (χ3v) is 13.1. The molecule has 4 aliphatic carbocycles. The first-order valence-corrected chi connectivity index (χ1v) is 18.1. The molecule has 2 aliphatic heterocycles. The molecular weight excluding hydrogens is 589 g/mol. The summed E-state index contributed by atoms with van der Waals surface area (Å²) >= 11 is 0. The standard InChI is InChI=1S/C34H46BN3O6S/c1-33(2)24-19-29(33)34(3)30(20-24)43-35(44-34)31(18-23-11-8-12-23)36-32(39)26(17-22-9-6-5-7-10-22)37-45(40,41)25-13-14-27-28(21-25)42-16-15-38(27)4/h5-7,9-10,13-14,21,23-24,26,29-31,37H,8,11-12,15-20H2,1-4H3,(H,36,39)/t24-,26-,29?,30?,31-,34-/m0/s1. The Balaban J connectivity index is 1.13. The fourth-order valence-electron chi connectivity index (χ4n) is 8.48. The van der Waals surface area contributed by atoms with Gasteiger partial charge in [-0.1, -0.05) is 63.4 Å². The van der Waals surface area contributed by atoms with Crippen LogP contribution in [-0.4, -0.2) is 65.3 Å². The van der Waals surface area contributed by atoms with Crippen LogP contribution in [-0.2, 0) is 30.5 Å². The summed E-state index contributed by atoms with van der Waals surface area (Å²) in [5.74, 6) is 1.29. The van der Waals surface area contributed by atoms with Crippen molar-refractivity contribution in [3.05, 3.63) is 54.1 Å². The lowest BCUT2D eigenvalue weighted by atomic mass is 9.43. The maximum Gasteiger partial charge on any atom is 0.481 e. The fourth-order valence-corrected chi connectivity index (χ4v) is 9.69. The molecule has 45 heavy (non-hydrogen) atoms. The molecule has 11 heteroatoms. The Morgan fingerprint density at radius 2 is 1.89 bits per heavy atom. The molecule has 4 saturated carbocycles. The van der Waals surface area contributed by atoms with Crippen LogP contribution in [0.15, 0.2) is 53.4 Å². The van der Waals surface area contributed by atoms with Crippen molar-refractivity contribution in [1.82, 2.24) is 10.0 Å². The minimum absolute atomic E-state index is 0.00367. The number of hydrogen-bond acceptors (Lipinski definition) is 7. The van der Waals surface area contributed by atoms with Crippen LogP contribution in [0.5, 0.6) is 5.75 Å². The molecule has 0 radical (unpaired) electrons. The van der Waals surface area contributed by atoms with Gasteiger partial charge in [-0.2, -0.15) is 4.72 Å². The predicted octanol–water partition coefficient (Wildman–Crippen LogP) is 4.35. The fraction of sp³-hybridized carbons (Fsp3) is 0.618. The van der Waals surface area contributed by atoms with Crippen molar-refractivity contribution in [2.75, 3.05) is 25.1 Å². The number of nitrogens with zero attached hydrogens (tertiary/aromatic N) is 1. The van der Waals surface area contributed by atoms with E-state index in [-0.39, 0.29) is 40.3 Å². The zero-order valence-electron chi connectivity index (χ0n) is 26.8. The molecule has 6 aliphatic rings. The second-order valence-electron chi connectivity index (χ2n) is 14.7. The van der Waals surface area contributed by atoms with Gasteiger partial charge in [0.25, 0.3) is 0 Å². The van der Waals surface area contributed by atoms with Gasteiger partial charge in [-0.25, -0.2) is 8.42 Å². The molecule has 1 amide bonds. The zero-order valence-corrected chi connectivity index (χ0v) is 27.6. The van der Waals surface area contributed by atoms with Gasteiger partial charge in [0.05, 0.1) is 34.8 Å². The summed E-state index contributed by atoms with van der Waals surface area (Å²) < 4.78 is 49.5. The van der Waals surface area contributed by atoms with E-state index < -0.39 is 23.2 Å². The third kappa shape index (κ3) is 5.68. The maximum absolute atomic E-state index is 14.2. The number of amides is 1. The van der Waals surface area contributed by atoms with Crippen LogP contribution in [0, 0.1) is 23.2 Å². The Morgan fingerprint density at radius 1 is 1.11 bits per heavy atom. The number of benzene rings is 2. The third-order valence-electron chi connectivity index (χ3n) is 11.7. The first-order chi connectivity index (χ1) is 21.4. The lowest BCUT2D eigenvalue weighted by molar-refractivity contribution is -0.199. The summed E-state index contributed by atoms with van der Waals surface area (Å²) in [6.45, 7) is 8.07. The number of sulfonamides is 1. The van der Waals surface area contributed by atoms with E-state index in [4.69, 9.17) is 14.0 Å². The maximum atomic E-state index is 14.2. The van der Waals surface area contributed by atoms with Crippen LogP contribution >= 0.6 is 0 Å². The van der Waals surface area contributed by atoms with Gasteiger partial charge >= 0.3 is 7.12 Å². The quantitative estimate of drug-likeness (QED) is 0.374. The number of anilines is 1. The average molecular weight is 636 g/mol. The Hall–Kier alpha value is -2.60. The topological polar surface area (TPSA) is 106 Å². The molecule has 6 atom stereocenters. The van der Waals surface area contributed by atoms with E-state index >= 15 is 0 Å². The number of nitrogens with one attached hydrogen (secondary N) is 2. The molecular formula is C34H46BN3O6S.